The molecule has 0 saturated carbocycles. The lowest BCUT2D eigenvalue weighted by molar-refractivity contribution is 0.265. The third-order valence-corrected chi connectivity index (χ3v) is 4.31. The van der Waals surface area contributed by atoms with Gasteiger partial charge in [0.25, 0.3) is 0 Å². The van der Waals surface area contributed by atoms with Crippen molar-refractivity contribution in [3.05, 3.63) is 44.1 Å². The number of nitrogens with zero attached hydrogens (tertiary/aromatic N) is 3. The maximum absolute atomic E-state index is 12.3. The predicted octanol–water partition coefficient (Wildman–Crippen LogP) is -0.117. The highest BCUT2D eigenvalue weighted by molar-refractivity contribution is 7.99. The molecule has 0 bridgehead atoms. The molecule has 0 fully saturated rings. The second-order valence-electron chi connectivity index (χ2n) is 4.74. The van der Waals surface area contributed by atoms with Crippen LogP contribution >= 0.6 is 11.8 Å². The van der Waals surface area contributed by atoms with Crippen LogP contribution in [0, 0.1) is 0 Å². The summed E-state index contributed by atoms with van der Waals surface area (Å²) in [6, 6.07) is 0. The number of aromatic nitrogens is 3. The zero-order valence-electron chi connectivity index (χ0n) is 12.9. The smallest absolute Gasteiger partial charge is 0.336 e. The van der Waals surface area contributed by atoms with Crippen molar-refractivity contribution >= 4 is 11.8 Å². The van der Waals surface area contributed by atoms with Gasteiger partial charge in [-0.3, -0.25) is 0 Å². The number of aliphatic hydroxyl groups is 1. The Morgan fingerprint density at radius 3 is 2.18 bits per heavy atom. The van der Waals surface area contributed by atoms with Crippen LogP contribution < -0.4 is 17.1 Å². The first-order chi connectivity index (χ1) is 10.6. The second kappa shape index (κ2) is 9.47. The Kier molecular flexibility index (Phi) is 7.97. The van der Waals surface area contributed by atoms with E-state index in [1.807, 2.05) is 0 Å². The summed E-state index contributed by atoms with van der Waals surface area (Å²) < 4.78 is 2.92. The maximum atomic E-state index is 12.3. The van der Waals surface area contributed by atoms with E-state index in [2.05, 4.69) is 13.5 Å². The van der Waals surface area contributed by atoms with Gasteiger partial charge in [-0.1, -0.05) is 13.0 Å². The molecule has 0 amide bonds. The fraction of sp³-hybridized carbons (Fsp3) is 0.643. The minimum Gasteiger partial charge on any atom is -0.395 e. The van der Waals surface area contributed by atoms with E-state index in [1.165, 1.54) is 6.08 Å². The highest BCUT2D eigenvalue weighted by Gasteiger charge is 2.14. The van der Waals surface area contributed by atoms with Crippen LogP contribution in [0.25, 0.3) is 0 Å². The first-order valence-electron chi connectivity index (χ1n) is 7.32. The van der Waals surface area contributed by atoms with Crippen LogP contribution in [-0.4, -0.2) is 36.9 Å². The van der Waals surface area contributed by atoms with Crippen molar-refractivity contribution in [2.45, 2.75) is 39.4 Å². The third-order valence-electron chi connectivity index (χ3n) is 3.04. The Morgan fingerprint density at radius 1 is 1.05 bits per heavy atom. The van der Waals surface area contributed by atoms with Crippen molar-refractivity contribution in [2.75, 3.05) is 18.1 Å². The van der Waals surface area contributed by atoms with Gasteiger partial charge in [0.2, 0.25) is 0 Å². The molecule has 0 aliphatic rings. The summed E-state index contributed by atoms with van der Waals surface area (Å²) in [5, 5.41) is 9.00. The quantitative estimate of drug-likeness (QED) is 0.478. The van der Waals surface area contributed by atoms with Gasteiger partial charge in [0.15, 0.2) is 0 Å². The van der Waals surface area contributed by atoms with Crippen molar-refractivity contribution < 1.29 is 5.11 Å². The molecule has 124 valence electrons. The van der Waals surface area contributed by atoms with Crippen molar-refractivity contribution in [2.24, 2.45) is 0 Å². The minimum atomic E-state index is -0.708. The van der Waals surface area contributed by atoms with Crippen LogP contribution in [-0.2, 0) is 19.6 Å². The number of hydrogen-bond acceptors (Lipinski definition) is 5. The fourth-order valence-electron chi connectivity index (χ4n) is 2.02. The SMILES string of the molecule is C=CCn1c(=O)n(CCO)c(=O)n(CCCSCCC)c1=O. The van der Waals surface area contributed by atoms with Crippen LogP contribution in [0.1, 0.15) is 19.8 Å². The fourth-order valence-corrected chi connectivity index (χ4v) is 2.85. The summed E-state index contributed by atoms with van der Waals surface area (Å²) in [6.07, 6.45) is 3.18. The Morgan fingerprint density at radius 2 is 1.64 bits per heavy atom. The van der Waals surface area contributed by atoms with Gasteiger partial charge in [-0.15, -0.1) is 6.58 Å². The monoisotopic (exact) mass is 329 g/mol. The van der Waals surface area contributed by atoms with Gasteiger partial charge in [-0.05, 0) is 24.3 Å². The third kappa shape index (κ3) is 4.48. The molecule has 1 aromatic rings. The number of allylic oxidation sites excluding steroid dienone is 1. The highest BCUT2D eigenvalue weighted by atomic mass is 32.2. The summed E-state index contributed by atoms with van der Waals surface area (Å²) in [4.78, 5) is 36.6. The topological polar surface area (TPSA) is 86.2 Å². The molecule has 0 spiro atoms. The highest BCUT2D eigenvalue weighted by Crippen LogP contribution is 2.03. The normalized spacial score (nSPS) is 10.8. The van der Waals surface area contributed by atoms with E-state index in [1.54, 1.807) is 11.8 Å². The van der Waals surface area contributed by atoms with Crippen LogP contribution in [0.3, 0.4) is 0 Å². The summed E-state index contributed by atoms with van der Waals surface area (Å²) in [5.74, 6) is 1.89. The van der Waals surface area contributed by atoms with Crippen LogP contribution in [0.15, 0.2) is 27.0 Å². The molecular weight excluding hydrogens is 306 g/mol. The van der Waals surface area contributed by atoms with Crippen LogP contribution in [0.2, 0.25) is 0 Å². The van der Waals surface area contributed by atoms with Crippen molar-refractivity contribution in [1.82, 2.24) is 13.7 Å². The molecule has 7 nitrogen and oxygen atoms in total. The first-order valence-corrected chi connectivity index (χ1v) is 8.47. The molecule has 0 aromatic carbocycles. The average Bonchev–Trinajstić information content (AvgIpc) is 2.51. The van der Waals surface area contributed by atoms with Gasteiger partial charge in [-0.2, -0.15) is 11.8 Å². The van der Waals surface area contributed by atoms with Gasteiger partial charge in [0, 0.05) is 6.54 Å². The van der Waals surface area contributed by atoms with Crippen LogP contribution in [0.5, 0.6) is 0 Å². The summed E-state index contributed by atoms with van der Waals surface area (Å²) in [5.41, 5.74) is -1.99. The van der Waals surface area contributed by atoms with Gasteiger partial charge in [0.05, 0.1) is 19.7 Å². The molecule has 0 radical (unpaired) electrons. The maximum Gasteiger partial charge on any atom is 0.336 e. The van der Waals surface area contributed by atoms with E-state index in [0.717, 1.165) is 31.6 Å². The van der Waals surface area contributed by atoms with Crippen molar-refractivity contribution in [3.63, 3.8) is 0 Å². The standard InChI is InChI=1S/C14H23N3O4S/c1-3-6-15-12(19)16(7-5-11-22-10-4-2)14(21)17(8-9-18)13(15)20/h3,18H,1,4-11H2,2H3. The lowest BCUT2D eigenvalue weighted by atomic mass is 10.4. The molecule has 1 aromatic heterocycles. The zero-order chi connectivity index (χ0) is 16.5. The number of rotatable bonds is 10. The van der Waals surface area contributed by atoms with E-state index >= 15 is 0 Å². The molecule has 0 atom stereocenters. The molecule has 1 heterocycles. The molecule has 0 unspecified atom stereocenters. The van der Waals surface area contributed by atoms with Crippen molar-refractivity contribution in [3.8, 4) is 0 Å². The molecule has 22 heavy (non-hydrogen) atoms. The zero-order valence-corrected chi connectivity index (χ0v) is 13.7. The lowest BCUT2D eigenvalue weighted by Crippen LogP contribution is -2.54. The minimum absolute atomic E-state index is 0.0357. The van der Waals surface area contributed by atoms with E-state index in [4.69, 9.17) is 5.11 Å². The Labute approximate surface area is 132 Å². The molecule has 0 saturated heterocycles. The van der Waals surface area contributed by atoms with E-state index in [0.29, 0.717) is 6.42 Å². The Hall–Kier alpha value is -1.54. The second-order valence-corrected chi connectivity index (χ2v) is 5.96. The lowest BCUT2D eigenvalue weighted by Gasteiger charge is -2.12. The molecule has 1 rings (SSSR count). The molecule has 1 N–H and O–H groups in total. The van der Waals surface area contributed by atoms with Crippen LogP contribution in [0.4, 0.5) is 0 Å². The summed E-state index contributed by atoms with van der Waals surface area (Å²) >= 11 is 1.77. The first kappa shape index (κ1) is 18.5. The van der Waals surface area contributed by atoms with Gasteiger partial charge in [-0.25, -0.2) is 28.1 Å². The van der Waals surface area contributed by atoms with E-state index in [9.17, 15) is 14.4 Å². The number of hydrogen-bond donors (Lipinski definition) is 1. The van der Waals surface area contributed by atoms with Gasteiger partial charge < -0.3 is 5.11 Å². The number of thioether (sulfide) groups is 1. The van der Waals surface area contributed by atoms with E-state index < -0.39 is 17.1 Å². The van der Waals surface area contributed by atoms with E-state index in [-0.39, 0.29) is 26.2 Å². The molecule has 0 aliphatic heterocycles. The summed E-state index contributed by atoms with van der Waals surface area (Å²) in [7, 11) is 0. The largest absolute Gasteiger partial charge is 0.395 e. The van der Waals surface area contributed by atoms with Gasteiger partial charge >= 0.3 is 17.1 Å². The number of aliphatic hydroxyl groups excluding tert-OH is 1. The Balaban J connectivity index is 3.14. The van der Waals surface area contributed by atoms with Crippen molar-refractivity contribution in [1.29, 1.82) is 0 Å². The average molecular weight is 329 g/mol. The van der Waals surface area contributed by atoms with Gasteiger partial charge in [0.1, 0.15) is 0 Å². The summed E-state index contributed by atoms with van der Waals surface area (Å²) in [6.45, 7) is 5.44. The Bertz CT molecular complexity index is 660. The predicted molar refractivity (Wildman–Crippen MR) is 88.7 cm³/mol. The molecule has 0 aliphatic carbocycles. The molecular formula is C14H23N3O4S. The molecule has 8 heteroatoms.